The average Bonchev–Trinajstić information content (AvgIpc) is 2.37. The normalized spacial score (nSPS) is 11.1. The Morgan fingerprint density at radius 2 is 2.15 bits per heavy atom. The van der Waals surface area contributed by atoms with Gasteiger partial charge in [-0.1, -0.05) is 6.08 Å². The summed E-state index contributed by atoms with van der Waals surface area (Å²) in [5.74, 6) is -0.0835. The number of rotatable bonds is 7. The molecule has 0 fully saturated rings. The molecule has 5 nitrogen and oxygen atoms in total. The van der Waals surface area contributed by atoms with E-state index in [0.29, 0.717) is 28.1 Å². The molecule has 1 aromatic rings. The van der Waals surface area contributed by atoms with Gasteiger partial charge in [-0.3, -0.25) is 0 Å². The first-order valence-electron chi connectivity index (χ1n) is 6.12. The van der Waals surface area contributed by atoms with Gasteiger partial charge in [-0.25, -0.2) is 0 Å². The van der Waals surface area contributed by atoms with Gasteiger partial charge in [0.15, 0.2) is 11.5 Å². The molecule has 0 spiro atoms. The Labute approximate surface area is 126 Å². The monoisotopic (exact) mass is 343 g/mol. The van der Waals surface area contributed by atoms with Crippen LogP contribution in [0.4, 0.5) is 0 Å². The van der Waals surface area contributed by atoms with Crippen LogP contribution in [0.25, 0.3) is 6.08 Å². The number of nitrogens with one attached hydrogen (secondary N) is 1. The smallest absolute Gasteiger partial charge is 0.175 e. The van der Waals surface area contributed by atoms with Crippen molar-refractivity contribution in [2.75, 3.05) is 34.4 Å². The maximum Gasteiger partial charge on any atom is 0.175 e. The largest absolute Gasteiger partial charge is 0.545 e. The third-order valence-electron chi connectivity index (χ3n) is 2.51. The molecule has 20 heavy (non-hydrogen) atoms. The second-order valence-corrected chi connectivity index (χ2v) is 5.35. The summed E-state index contributed by atoms with van der Waals surface area (Å²) >= 11 is 3.40. The summed E-state index contributed by atoms with van der Waals surface area (Å²) in [6.45, 7) is 1.42. The molecule has 1 N–H and O–H groups in total. The molecule has 0 atom stereocenters. The average molecular weight is 344 g/mol. The SMILES string of the molecule is COc1cc(/C=C/C(=O)[O-])cc(Br)c1OCC[NH+](C)C. The molecule has 0 aliphatic heterocycles. The molecule has 0 saturated heterocycles. The Morgan fingerprint density at radius 1 is 1.45 bits per heavy atom. The molecular formula is C14H18BrNO4. The minimum atomic E-state index is -1.24. The van der Waals surface area contributed by atoms with Crippen LogP contribution in [0.3, 0.4) is 0 Å². The Balaban J connectivity index is 2.93. The highest BCUT2D eigenvalue weighted by Gasteiger charge is 2.11. The van der Waals surface area contributed by atoms with E-state index in [9.17, 15) is 9.90 Å². The van der Waals surface area contributed by atoms with Gasteiger partial charge in [0.05, 0.1) is 31.6 Å². The second-order valence-electron chi connectivity index (χ2n) is 4.49. The van der Waals surface area contributed by atoms with E-state index >= 15 is 0 Å². The Kier molecular flexibility index (Phi) is 6.54. The number of hydrogen-bond donors (Lipinski definition) is 1. The number of quaternary nitrogens is 1. The van der Waals surface area contributed by atoms with Gasteiger partial charge in [0.1, 0.15) is 13.2 Å². The third kappa shape index (κ3) is 5.22. The van der Waals surface area contributed by atoms with Crippen LogP contribution in [0.15, 0.2) is 22.7 Å². The lowest BCUT2D eigenvalue weighted by Crippen LogP contribution is -3.06. The van der Waals surface area contributed by atoms with Crippen molar-refractivity contribution in [3.8, 4) is 11.5 Å². The zero-order valence-corrected chi connectivity index (χ0v) is 13.3. The lowest BCUT2D eigenvalue weighted by atomic mass is 10.2. The fraction of sp³-hybridized carbons (Fsp3) is 0.357. The van der Waals surface area contributed by atoms with Gasteiger partial charge in [0.25, 0.3) is 0 Å². The van der Waals surface area contributed by atoms with E-state index in [2.05, 4.69) is 15.9 Å². The third-order valence-corrected chi connectivity index (χ3v) is 3.10. The molecule has 1 aromatic carbocycles. The lowest BCUT2D eigenvalue weighted by molar-refractivity contribution is -0.858. The molecular weight excluding hydrogens is 326 g/mol. The van der Waals surface area contributed by atoms with Crippen molar-refractivity contribution in [2.45, 2.75) is 0 Å². The molecule has 0 aliphatic rings. The van der Waals surface area contributed by atoms with Crippen molar-refractivity contribution >= 4 is 28.0 Å². The molecule has 110 valence electrons. The summed E-state index contributed by atoms with van der Waals surface area (Å²) in [7, 11) is 5.63. The van der Waals surface area contributed by atoms with Gasteiger partial charge >= 0.3 is 0 Å². The molecule has 0 aromatic heterocycles. The fourth-order valence-corrected chi connectivity index (χ4v) is 2.07. The maximum absolute atomic E-state index is 10.4. The zero-order valence-electron chi connectivity index (χ0n) is 11.7. The molecule has 0 amide bonds. The van der Waals surface area contributed by atoms with Gasteiger partial charge in [0, 0.05) is 0 Å². The highest BCUT2D eigenvalue weighted by molar-refractivity contribution is 9.10. The van der Waals surface area contributed by atoms with Crippen molar-refractivity contribution < 1.29 is 24.3 Å². The van der Waals surface area contributed by atoms with E-state index in [1.54, 1.807) is 12.1 Å². The summed E-state index contributed by atoms with van der Waals surface area (Å²) in [4.78, 5) is 11.7. The van der Waals surface area contributed by atoms with Gasteiger partial charge in [-0.2, -0.15) is 0 Å². The number of carbonyl (C=O) groups excluding carboxylic acids is 1. The number of benzene rings is 1. The van der Waals surface area contributed by atoms with Crippen LogP contribution in [0.2, 0.25) is 0 Å². The highest BCUT2D eigenvalue weighted by Crippen LogP contribution is 2.36. The maximum atomic E-state index is 10.4. The number of aliphatic carboxylic acids is 1. The molecule has 0 unspecified atom stereocenters. The number of likely N-dealkylation sites (N-methyl/N-ethyl adjacent to an activating group) is 1. The summed E-state index contributed by atoms with van der Waals surface area (Å²) < 4.78 is 11.7. The van der Waals surface area contributed by atoms with Crippen molar-refractivity contribution in [3.05, 3.63) is 28.2 Å². The van der Waals surface area contributed by atoms with Crippen LogP contribution in [0.5, 0.6) is 11.5 Å². The molecule has 0 radical (unpaired) electrons. The first kappa shape index (κ1) is 16.5. The minimum Gasteiger partial charge on any atom is -0.545 e. The second kappa shape index (κ2) is 7.91. The summed E-state index contributed by atoms with van der Waals surface area (Å²) in [5.41, 5.74) is 0.684. The van der Waals surface area contributed by atoms with E-state index in [0.717, 1.165) is 12.6 Å². The van der Waals surface area contributed by atoms with Gasteiger partial charge in [-0.05, 0) is 39.7 Å². The molecule has 0 aliphatic carbocycles. The number of ether oxygens (including phenoxy) is 2. The molecule has 0 bridgehead atoms. The van der Waals surface area contributed by atoms with E-state index in [4.69, 9.17) is 9.47 Å². The number of hydrogen-bond acceptors (Lipinski definition) is 4. The standard InChI is InChI=1S/C14H18BrNO4/c1-16(2)6-7-20-14-11(15)8-10(4-5-13(17)18)9-12(14)19-3/h4-5,8-9H,6-7H2,1-3H3,(H,17,18)/b5-4+. The topological polar surface area (TPSA) is 63.0 Å². The fourth-order valence-electron chi connectivity index (χ4n) is 1.50. The number of carboxylic acid groups (broad SMARTS) is 1. The summed E-state index contributed by atoms with van der Waals surface area (Å²) in [6.07, 6.45) is 2.41. The van der Waals surface area contributed by atoms with Crippen LogP contribution in [-0.4, -0.2) is 40.3 Å². The number of carbonyl (C=O) groups is 1. The number of halogens is 1. The van der Waals surface area contributed by atoms with Crippen LogP contribution in [0.1, 0.15) is 5.56 Å². The summed E-state index contributed by atoms with van der Waals surface area (Å²) in [5, 5.41) is 10.4. The van der Waals surface area contributed by atoms with Gasteiger partial charge in [-0.15, -0.1) is 0 Å². The van der Waals surface area contributed by atoms with Gasteiger partial charge < -0.3 is 24.3 Å². The first-order chi connectivity index (χ1) is 9.43. The molecule has 1 rings (SSSR count). The molecule has 0 heterocycles. The molecule has 6 heteroatoms. The number of methoxy groups -OCH3 is 1. The number of carboxylic acids is 1. The van der Waals surface area contributed by atoms with Crippen molar-refractivity contribution in [3.63, 3.8) is 0 Å². The van der Waals surface area contributed by atoms with E-state index in [1.165, 1.54) is 18.1 Å². The van der Waals surface area contributed by atoms with Crippen LogP contribution >= 0.6 is 15.9 Å². The predicted molar refractivity (Wildman–Crippen MR) is 77.9 cm³/mol. The van der Waals surface area contributed by atoms with Gasteiger partial charge in [0.2, 0.25) is 0 Å². The van der Waals surface area contributed by atoms with E-state index in [-0.39, 0.29) is 0 Å². The lowest BCUT2D eigenvalue weighted by Gasteiger charge is -2.14. The zero-order chi connectivity index (χ0) is 15.1. The first-order valence-corrected chi connectivity index (χ1v) is 6.91. The van der Waals surface area contributed by atoms with Crippen molar-refractivity contribution in [2.24, 2.45) is 0 Å². The van der Waals surface area contributed by atoms with Crippen molar-refractivity contribution in [1.29, 1.82) is 0 Å². The Hall–Kier alpha value is -1.53. The minimum absolute atomic E-state index is 0.547. The van der Waals surface area contributed by atoms with Crippen LogP contribution in [-0.2, 0) is 4.79 Å². The van der Waals surface area contributed by atoms with E-state index < -0.39 is 5.97 Å². The van der Waals surface area contributed by atoms with E-state index in [1.807, 2.05) is 14.1 Å². The quantitative estimate of drug-likeness (QED) is 0.693. The Morgan fingerprint density at radius 3 is 2.70 bits per heavy atom. The molecule has 0 saturated carbocycles. The Bertz CT molecular complexity index is 500. The van der Waals surface area contributed by atoms with Crippen LogP contribution in [0, 0.1) is 0 Å². The van der Waals surface area contributed by atoms with Crippen LogP contribution < -0.4 is 19.5 Å². The predicted octanol–water partition coefficient (Wildman–Crippen LogP) is -0.256. The summed E-state index contributed by atoms with van der Waals surface area (Å²) in [6, 6.07) is 3.47. The highest BCUT2D eigenvalue weighted by atomic mass is 79.9. The van der Waals surface area contributed by atoms with Crippen molar-refractivity contribution in [1.82, 2.24) is 0 Å².